The van der Waals surface area contributed by atoms with Crippen LogP contribution in [0.15, 0.2) is 48.5 Å². The summed E-state index contributed by atoms with van der Waals surface area (Å²) in [5.74, 6) is 0.281. The minimum absolute atomic E-state index is 0.126. The van der Waals surface area contributed by atoms with Crippen molar-refractivity contribution in [3.8, 4) is 0 Å². The molecule has 0 bridgehead atoms. The highest BCUT2D eigenvalue weighted by Gasteiger charge is 2.30. The van der Waals surface area contributed by atoms with E-state index in [-0.39, 0.29) is 5.69 Å². The molecule has 3 nitrogen and oxygen atoms in total. The zero-order chi connectivity index (χ0) is 19.4. The summed E-state index contributed by atoms with van der Waals surface area (Å²) in [7, 11) is 0. The van der Waals surface area contributed by atoms with Gasteiger partial charge in [0.15, 0.2) is 0 Å². The fourth-order valence-corrected chi connectivity index (χ4v) is 3.43. The number of piperidine rings is 1. The van der Waals surface area contributed by atoms with E-state index in [1.54, 1.807) is 12.1 Å². The number of hydrogen-bond donors (Lipinski definition) is 1. The van der Waals surface area contributed by atoms with Gasteiger partial charge in [-0.1, -0.05) is 25.1 Å². The van der Waals surface area contributed by atoms with Crippen molar-refractivity contribution in [1.29, 1.82) is 0 Å². The fourth-order valence-electron chi connectivity index (χ4n) is 3.43. The summed E-state index contributed by atoms with van der Waals surface area (Å²) >= 11 is 0. The van der Waals surface area contributed by atoms with Crippen molar-refractivity contribution < 1.29 is 18.0 Å². The molecule has 1 aliphatic rings. The van der Waals surface area contributed by atoms with Crippen LogP contribution < -0.4 is 5.32 Å². The summed E-state index contributed by atoms with van der Waals surface area (Å²) in [6, 6.07) is 11.9. The van der Waals surface area contributed by atoms with E-state index in [1.165, 1.54) is 25.0 Å². The first-order valence-electron chi connectivity index (χ1n) is 9.11. The Morgan fingerprint density at radius 2 is 1.93 bits per heavy atom. The van der Waals surface area contributed by atoms with E-state index >= 15 is 0 Å². The van der Waals surface area contributed by atoms with Crippen LogP contribution in [0.1, 0.15) is 41.3 Å². The van der Waals surface area contributed by atoms with Gasteiger partial charge >= 0.3 is 6.18 Å². The molecule has 1 fully saturated rings. The Morgan fingerprint density at radius 3 is 2.59 bits per heavy atom. The van der Waals surface area contributed by atoms with Crippen LogP contribution >= 0.6 is 0 Å². The van der Waals surface area contributed by atoms with Gasteiger partial charge in [-0.05, 0) is 61.2 Å². The second kappa shape index (κ2) is 8.13. The molecule has 2 aromatic rings. The lowest BCUT2D eigenvalue weighted by atomic mass is 9.99. The maximum Gasteiger partial charge on any atom is 0.416 e. The second-order valence-electron chi connectivity index (χ2n) is 7.21. The minimum Gasteiger partial charge on any atom is -0.322 e. The number of rotatable bonds is 4. The van der Waals surface area contributed by atoms with Gasteiger partial charge in [-0.3, -0.25) is 9.69 Å². The Hall–Kier alpha value is -2.34. The SMILES string of the molecule is C[C@H]1CCCN(Cc2ccc(C(=O)Nc3cccc(C(F)(F)F)c3)cc2)C1. The number of likely N-dealkylation sites (tertiary alicyclic amines) is 1. The van der Waals surface area contributed by atoms with Crippen molar-refractivity contribution in [2.45, 2.75) is 32.5 Å². The number of nitrogens with zero attached hydrogens (tertiary/aromatic N) is 1. The normalized spacial score (nSPS) is 18.3. The van der Waals surface area contributed by atoms with E-state index in [2.05, 4.69) is 17.1 Å². The molecule has 1 heterocycles. The average Bonchev–Trinajstić information content (AvgIpc) is 2.62. The summed E-state index contributed by atoms with van der Waals surface area (Å²) in [6.45, 7) is 5.27. The van der Waals surface area contributed by atoms with Crippen LogP contribution in [0, 0.1) is 5.92 Å². The van der Waals surface area contributed by atoms with Gasteiger partial charge in [0.2, 0.25) is 0 Å². The first kappa shape index (κ1) is 19.4. The van der Waals surface area contributed by atoms with Gasteiger partial charge in [-0.2, -0.15) is 13.2 Å². The highest BCUT2D eigenvalue weighted by atomic mass is 19.4. The molecule has 0 unspecified atom stereocenters. The van der Waals surface area contributed by atoms with Crippen LogP contribution in [0.5, 0.6) is 0 Å². The van der Waals surface area contributed by atoms with Gasteiger partial charge in [0.05, 0.1) is 5.56 Å². The fraction of sp³-hybridized carbons (Fsp3) is 0.381. The summed E-state index contributed by atoms with van der Waals surface area (Å²) in [5, 5.41) is 2.53. The van der Waals surface area contributed by atoms with Crippen molar-refractivity contribution in [2.24, 2.45) is 5.92 Å². The Balaban J connectivity index is 1.62. The monoisotopic (exact) mass is 376 g/mol. The van der Waals surface area contributed by atoms with E-state index in [9.17, 15) is 18.0 Å². The topological polar surface area (TPSA) is 32.3 Å². The van der Waals surface area contributed by atoms with Gasteiger partial charge in [0, 0.05) is 24.3 Å². The van der Waals surface area contributed by atoms with Crippen LogP contribution in [0.25, 0.3) is 0 Å². The molecule has 0 aromatic heterocycles. The van der Waals surface area contributed by atoms with Crippen molar-refractivity contribution >= 4 is 11.6 Å². The summed E-state index contributed by atoms with van der Waals surface area (Å²) in [5.41, 5.74) is 0.885. The third kappa shape index (κ3) is 5.32. The quantitative estimate of drug-likeness (QED) is 0.796. The molecule has 0 spiro atoms. The number of anilines is 1. The third-order valence-electron chi connectivity index (χ3n) is 4.81. The number of nitrogens with one attached hydrogen (secondary N) is 1. The van der Waals surface area contributed by atoms with E-state index in [0.717, 1.165) is 37.3 Å². The van der Waals surface area contributed by atoms with Gasteiger partial charge < -0.3 is 5.32 Å². The maximum absolute atomic E-state index is 12.8. The average molecular weight is 376 g/mol. The molecule has 2 aromatic carbocycles. The van der Waals surface area contributed by atoms with Crippen molar-refractivity contribution in [3.05, 3.63) is 65.2 Å². The van der Waals surface area contributed by atoms with E-state index in [0.29, 0.717) is 11.5 Å². The van der Waals surface area contributed by atoms with Crippen LogP contribution in [0.3, 0.4) is 0 Å². The molecule has 3 rings (SSSR count). The number of carbonyl (C=O) groups excluding carboxylic acids is 1. The van der Waals surface area contributed by atoms with Gasteiger partial charge in [-0.15, -0.1) is 0 Å². The summed E-state index contributed by atoms with van der Waals surface area (Å²) in [6.07, 6.45) is -1.96. The summed E-state index contributed by atoms with van der Waals surface area (Å²) < 4.78 is 38.3. The Labute approximate surface area is 157 Å². The van der Waals surface area contributed by atoms with Gasteiger partial charge in [0.25, 0.3) is 5.91 Å². The smallest absolute Gasteiger partial charge is 0.322 e. The molecule has 1 amide bonds. The number of alkyl halides is 3. The predicted octanol–water partition coefficient (Wildman–Crippen LogP) is 5.19. The highest BCUT2D eigenvalue weighted by Crippen LogP contribution is 2.30. The van der Waals surface area contributed by atoms with Crippen LogP contribution in [0.2, 0.25) is 0 Å². The lowest BCUT2D eigenvalue weighted by Gasteiger charge is -2.30. The third-order valence-corrected chi connectivity index (χ3v) is 4.81. The zero-order valence-corrected chi connectivity index (χ0v) is 15.2. The molecule has 0 saturated carbocycles. The Bertz CT molecular complexity index is 787. The number of halogens is 3. The molecular formula is C21H23F3N2O. The predicted molar refractivity (Wildman–Crippen MR) is 99.5 cm³/mol. The molecule has 1 saturated heterocycles. The number of hydrogen-bond acceptors (Lipinski definition) is 2. The Kier molecular flexibility index (Phi) is 5.85. The van der Waals surface area contributed by atoms with Crippen molar-refractivity contribution in [2.75, 3.05) is 18.4 Å². The first-order valence-corrected chi connectivity index (χ1v) is 9.11. The molecule has 6 heteroatoms. The van der Waals surface area contributed by atoms with E-state index in [1.807, 2.05) is 12.1 Å². The molecule has 1 N–H and O–H groups in total. The molecule has 0 radical (unpaired) electrons. The molecule has 27 heavy (non-hydrogen) atoms. The second-order valence-corrected chi connectivity index (χ2v) is 7.21. The first-order chi connectivity index (χ1) is 12.8. The number of amides is 1. The minimum atomic E-state index is -4.44. The lowest BCUT2D eigenvalue weighted by molar-refractivity contribution is -0.137. The van der Waals surface area contributed by atoms with Crippen LogP contribution in [0.4, 0.5) is 18.9 Å². The Morgan fingerprint density at radius 1 is 1.19 bits per heavy atom. The molecule has 0 aliphatic carbocycles. The summed E-state index contributed by atoms with van der Waals surface area (Å²) in [4.78, 5) is 14.7. The number of carbonyl (C=O) groups is 1. The van der Waals surface area contributed by atoms with Crippen molar-refractivity contribution in [3.63, 3.8) is 0 Å². The molecule has 1 aliphatic heterocycles. The van der Waals surface area contributed by atoms with Crippen molar-refractivity contribution in [1.82, 2.24) is 4.90 Å². The highest BCUT2D eigenvalue weighted by molar-refractivity contribution is 6.04. The van der Waals surface area contributed by atoms with Crippen LogP contribution in [-0.4, -0.2) is 23.9 Å². The maximum atomic E-state index is 12.8. The standard InChI is InChI=1S/C21H23F3N2O/c1-15-4-3-11-26(13-15)14-16-7-9-17(10-8-16)20(27)25-19-6-2-5-18(12-19)21(22,23)24/h2,5-10,12,15H,3-4,11,13-14H2,1H3,(H,25,27)/t15-/m0/s1. The molecule has 144 valence electrons. The molecular weight excluding hydrogens is 353 g/mol. The van der Waals surface area contributed by atoms with Crippen LogP contribution in [-0.2, 0) is 12.7 Å². The van der Waals surface area contributed by atoms with E-state index < -0.39 is 17.6 Å². The lowest BCUT2D eigenvalue weighted by Crippen LogP contribution is -2.33. The largest absolute Gasteiger partial charge is 0.416 e. The zero-order valence-electron chi connectivity index (χ0n) is 15.2. The number of benzene rings is 2. The molecule has 1 atom stereocenters. The van der Waals surface area contributed by atoms with E-state index in [4.69, 9.17) is 0 Å². The van der Waals surface area contributed by atoms with Gasteiger partial charge in [-0.25, -0.2) is 0 Å². The van der Waals surface area contributed by atoms with Gasteiger partial charge in [0.1, 0.15) is 0 Å².